The Bertz CT molecular complexity index is 2390. The third-order valence-corrected chi connectivity index (χ3v) is 16.2. The number of para-hydroxylation sites is 1. The molecule has 1 saturated carbocycles. The molecule has 0 spiro atoms. The third kappa shape index (κ3) is 17.3. The number of aliphatic hydroxyl groups is 2. The lowest BCUT2D eigenvalue weighted by atomic mass is 9.75. The standard InChI is InChI=1S/C59H85N3O17/c1-35-19-13-11-14-20-36(2)47(62(73)58(70)76-43-21-15-12-16-22-43)33-44-26-24-41(7)59(71,78-44)54(66)55(67)61-28-18-17-23-46(61)57(69)77-49(38(4)31-42-25-27-45(50(32-42)74-9)56(68)79-60(8)72)34-48(63)37(3)30-40(6)52(65)53(75-10)51(64)39(5)29-35/h11-16,19-22,30,35,37-39,41-42,44-47,49-50,52-53,65,71-73H,17-18,23-29,31-34H2,1-10H3/b14-11+,19-13+,36-20+,40-30+/t35-,37-,38-,39-,41-,42+,44+,45-,46+,47+,49+,50-,52-,53+,59-/m1/s1. The molecule has 1 aliphatic carbocycles. The van der Waals surface area contributed by atoms with E-state index in [1.807, 2.05) is 19.9 Å². The first-order chi connectivity index (χ1) is 37.4. The molecule has 20 nitrogen and oxygen atoms in total. The number of fused-ring (bicyclic) bond motifs is 3. The number of carbonyl (C=O) groups excluding carboxylic acids is 7. The Labute approximate surface area is 464 Å². The Morgan fingerprint density at radius 3 is 2.25 bits per heavy atom. The molecule has 15 atom stereocenters. The van der Waals surface area contributed by atoms with Crippen molar-refractivity contribution >= 4 is 41.3 Å². The summed E-state index contributed by atoms with van der Waals surface area (Å²) in [6.07, 6.45) is 7.23. The zero-order valence-corrected chi connectivity index (χ0v) is 47.6. The monoisotopic (exact) mass is 1110 g/mol. The lowest BCUT2D eigenvalue weighted by Gasteiger charge is -2.43. The summed E-state index contributed by atoms with van der Waals surface area (Å²) in [5.74, 6) is -10.8. The van der Waals surface area contributed by atoms with Crippen LogP contribution in [0, 0.1) is 41.4 Å². The van der Waals surface area contributed by atoms with Crippen molar-refractivity contribution in [2.45, 2.75) is 174 Å². The van der Waals surface area contributed by atoms with Gasteiger partial charge in [-0.3, -0.25) is 29.6 Å². The van der Waals surface area contributed by atoms with Crippen LogP contribution in [0.3, 0.4) is 0 Å². The third-order valence-electron chi connectivity index (χ3n) is 16.2. The number of hydrogen-bond acceptors (Lipinski definition) is 18. The van der Waals surface area contributed by atoms with Gasteiger partial charge in [0.1, 0.15) is 35.9 Å². The van der Waals surface area contributed by atoms with Crippen LogP contribution >= 0.6 is 0 Å². The van der Waals surface area contributed by atoms with E-state index in [1.54, 1.807) is 95.3 Å². The van der Waals surface area contributed by atoms with E-state index in [0.29, 0.717) is 66.4 Å². The van der Waals surface area contributed by atoms with Gasteiger partial charge in [-0.2, -0.15) is 5.06 Å². The number of ketones is 3. The molecule has 4 N–H and O–H groups in total. The van der Waals surface area contributed by atoms with Gasteiger partial charge < -0.3 is 43.6 Å². The largest absolute Gasteiger partial charge is 0.460 e. The molecule has 4 aliphatic rings. The normalized spacial score (nSPS) is 35.2. The van der Waals surface area contributed by atoms with Gasteiger partial charge in [0.15, 0.2) is 5.78 Å². The van der Waals surface area contributed by atoms with Gasteiger partial charge in [0, 0.05) is 51.4 Å². The number of rotatable bonds is 9. The number of cyclic esters (lactones) is 1. The van der Waals surface area contributed by atoms with Crippen LogP contribution < -0.4 is 4.74 Å². The second kappa shape index (κ2) is 29.8. The average Bonchev–Trinajstić information content (AvgIpc) is 3.41. The van der Waals surface area contributed by atoms with E-state index in [9.17, 15) is 54.2 Å². The fourth-order valence-electron chi connectivity index (χ4n) is 11.4. The predicted octanol–water partition coefficient (Wildman–Crippen LogP) is 7.46. The lowest BCUT2D eigenvalue weighted by molar-refractivity contribution is -0.306. The Hall–Kier alpha value is -5.45. The summed E-state index contributed by atoms with van der Waals surface area (Å²) in [7, 11) is 3.99. The fraction of sp³-hybridized carbons (Fsp3) is 0.644. The molecule has 0 aromatic heterocycles. The van der Waals surface area contributed by atoms with Gasteiger partial charge in [-0.05, 0) is 124 Å². The van der Waals surface area contributed by atoms with Crippen molar-refractivity contribution in [1.29, 1.82) is 0 Å². The van der Waals surface area contributed by atoms with Gasteiger partial charge in [0.05, 0.1) is 31.2 Å². The molecule has 0 radical (unpaired) electrons. The molecule has 5 rings (SSSR count). The summed E-state index contributed by atoms with van der Waals surface area (Å²) < 4.78 is 29.3. The highest BCUT2D eigenvalue weighted by molar-refractivity contribution is 6.39. The first-order valence-corrected chi connectivity index (χ1v) is 27.8. The number of ether oxygens (including phenoxy) is 5. The first kappa shape index (κ1) is 64.4. The molecule has 3 heterocycles. The first-order valence-electron chi connectivity index (χ1n) is 27.8. The minimum Gasteiger partial charge on any atom is -0.460 e. The van der Waals surface area contributed by atoms with Crippen molar-refractivity contribution in [3.8, 4) is 5.75 Å². The summed E-state index contributed by atoms with van der Waals surface area (Å²) in [5, 5.41) is 45.6. The summed E-state index contributed by atoms with van der Waals surface area (Å²) >= 11 is 0. The second-order valence-corrected chi connectivity index (χ2v) is 22.3. The van der Waals surface area contributed by atoms with Crippen molar-refractivity contribution in [3.63, 3.8) is 0 Å². The van der Waals surface area contributed by atoms with Gasteiger partial charge in [0.25, 0.3) is 11.7 Å². The van der Waals surface area contributed by atoms with Crippen LogP contribution in [0.2, 0.25) is 0 Å². The van der Waals surface area contributed by atoms with Gasteiger partial charge >= 0.3 is 18.0 Å². The van der Waals surface area contributed by atoms with Crippen LogP contribution in [0.15, 0.2) is 77.9 Å². The van der Waals surface area contributed by atoms with Crippen LogP contribution in [-0.4, -0.2) is 153 Å². The van der Waals surface area contributed by atoms with Crippen LogP contribution in [0.1, 0.15) is 126 Å². The summed E-state index contributed by atoms with van der Waals surface area (Å²) in [6, 6.07) is 5.74. The molecule has 20 heteroatoms. The number of hydrogen-bond donors (Lipinski definition) is 4. The van der Waals surface area contributed by atoms with Crippen molar-refractivity contribution in [2.24, 2.45) is 41.4 Å². The Morgan fingerprint density at radius 2 is 1.58 bits per heavy atom. The predicted molar refractivity (Wildman–Crippen MR) is 287 cm³/mol. The minimum absolute atomic E-state index is 0.0304. The van der Waals surface area contributed by atoms with Crippen LogP contribution in [0.5, 0.6) is 5.75 Å². The molecule has 79 heavy (non-hydrogen) atoms. The number of aliphatic hydroxyl groups excluding tert-OH is 1. The molecule has 1 aromatic carbocycles. The second-order valence-electron chi connectivity index (χ2n) is 22.3. The quantitative estimate of drug-likeness (QED) is 0.0614. The number of carbonyl (C=O) groups is 7. The van der Waals surface area contributed by atoms with E-state index in [-0.39, 0.29) is 67.8 Å². The number of amides is 2. The maximum absolute atomic E-state index is 14.6. The summed E-state index contributed by atoms with van der Waals surface area (Å²) in [5.41, 5.74) is 0.785. The molecular formula is C59H85N3O17. The van der Waals surface area contributed by atoms with E-state index in [2.05, 4.69) is 0 Å². The highest BCUT2D eigenvalue weighted by Gasteiger charge is 2.53. The molecule has 3 aliphatic heterocycles. The number of esters is 1. The number of hydroxylamine groups is 4. The molecule has 2 bridgehead atoms. The fourth-order valence-corrected chi connectivity index (χ4v) is 11.4. The Balaban J connectivity index is 1.50. The highest BCUT2D eigenvalue weighted by atomic mass is 16.9. The molecule has 2 amide bonds. The smallest absolute Gasteiger partial charge is 0.439 e. The van der Waals surface area contributed by atoms with Crippen LogP contribution in [0.4, 0.5) is 4.79 Å². The van der Waals surface area contributed by atoms with Gasteiger partial charge in [-0.1, -0.05) is 89.3 Å². The SMILES string of the molecule is CO[C@@H]1C[C@H](C[C@@H](C)[C@@H]2CC(=O)[C@H](C)/C=C(\C)[C@@H](O)[C@@H](OC)C(=O)[C@H](C)C[C@H](C)/C=C/C=C/C=C(\C)[C@@H](N(O)C(=O)Oc3ccccc3)C[C@@H]3CC[C@@H](C)[C@@](O)(O3)C(=O)C(=O)N3CCCC[C@H]3C(=O)O2)CC[C@H]1C(=O)ON(C)O. The van der Waals surface area contributed by atoms with E-state index < -0.39 is 108 Å². The van der Waals surface area contributed by atoms with E-state index in [4.69, 9.17) is 28.5 Å². The molecule has 2 saturated heterocycles. The van der Waals surface area contributed by atoms with Crippen molar-refractivity contribution in [2.75, 3.05) is 27.8 Å². The zero-order valence-electron chi connectivity index (χ0n) is 47.6. The number of nitrogens with zero attached hydrogens (tertiary/aromatic N) is 3. The van der Waals surface area contributed by atoms with Crippen molar-refractivity contribution in [3.05, 3.63) is 77.9 Å². The van der Waals surface area contributed by atoms with Gasteiger partial charge in [-0.25, -0.2) is 14.4 Å². The molecule has 3 fully saturated rings. The molecule has 1 aromatic rings. The van der Waals surface area contributed by atoms with E-state index >= 15 is 0 Å². The van der Waals surface area contributed by atoms with Crippen LogP contribution in [-0.2, 0) is 52.6 Å². The molecule has 438 valence electrons. The molecular weight excluding hydrogens is 1020 g/mol. The zero-order chi connectivity index (χ0) is 58.3. The number of allylic oxidation sites excluding steroid dienone is 6. The lowest BCUT2D eigenvalue weighted by Crippen LogP contribution is -2.61. The molecule has 0 unspecified atom stereocenters. The topological polar surface area (TPSA) is 266 Å². The van der Waals surface area contributed by atoms with Gasteiger partial charge in [-0.15, -0.1) is 0 Å². The maximum Gasteiger partial charge on any atom is 0.439 e. The van der Waals surface area contributed by atoms with Gasteiger partial charge in [0.2, 0.25) is 5.79 Å². The summed E-state index contributed by atoms with van der Waals surface area (Å²) in [4.78, 5) is 104. The average molecular weight is 1110 g/mol. The number of methoxy groups -OCH3 is 2. The summed E-state index contributed by atoms with van der Waals surface area (Å²) in [6.45, 7) is 12.0. The van der Waals surface area contributed by atoms with E-state index in [1.165, 1.54) is 21.3 Å². The number of piperidine rings is 1. The Morgan fingerprint density at radius 1 is 0.873 bits per heavy atom. The highest BCUT2D eigenvalue weighted by Crippen LogP contribution is 2.39. The number of Topliss-reactive ketones (excluding diaryl/α,β-unsaturated/α-hetero) is 3. The van der Waals surface area contributed by atoms with E-state index in [0.717, 1.165) is 4.90 Å². The van der Waals surface area contributed by atoms with Crippen molar-refractivity contribution in [1.82, 2.24) is 15.2 Å². The van der Waals surface area contributed by atoms with Crippen molar-refractivity contribution < 1.29 is 82.7 Å². The minimum atomic E-state index is -2.67. The maximum atomic E-state index is 14.6. The van der Waals surface area contributed by atoms with Crippen LogP contribution in [0.25, 0.3) is 0 Å². The number of benzene rings is 1. The Kier molecular flexibility index (Phi) is 24.3.